The van der Waals surface area contributed by atoms with Crippen LogP contribution in [0.2, 0.25) is 0 Å². The lowest BCUT2D eigenvalue weighted by Gasteiger charge is -2.31. The van der Waals surface area contributed by atoms with Gasteiger partial charge in [-0.2, -0.15) is 0 Å². The summed E-state index contributed by atoms with van der Waals surface area (Å²) in [7, 11) is 0. The summed E-state index contributed by atoms with van der Waals surface area (Å²) < 4.78 is 17.7. The van der Waals surface area contributed by atoms with Crippen molar-refractivity contribution in [1.29, 1.82) is 0 Å². The maximum absolute atomic E-state index is 6.31. The minimum absolute atomic E-state index is 0.118. The van der Waals surface area contributed by atoms with E-state index in [1.54, 1.807) is 6.26 Å². The van der Waals surface area contributed by atoms with Crippen molar-refractivity contribution in [2.24, 2.45) is 5.92 Å². The molecule has 0 radical (unpaired) electrons. The van der Waals surface area contributed by atoms with Gasteiger partial charge in [-0.1, -0.05) is 0 Å². The van der Waals surface area contributed by atoms with Gasteiger partial charge in [-0.25, -0.2) is 0 Å². The molecule has 5 nitrogen and oxygen atoms in total. The lowest BCUT2D eigenvalue weighted by molar-refractivity contribution is -0.0566. The van der Waals surface area contributed by atoms with Gasteiger partial charge in [0, 0.05) is 19.6 Å². The number of hydrogen-bond acceptors (Lipinski definition) is 5. The SMILES string of the molecule is c1coc(CN2CCOC[C@]3(C[C@@H](CN4CCCC4)CO3)C2)c1. The van der Waals surface area contributed by atoms with Crippen molar-refractivity contribution < 1.29 is 13.9 Å². The highest BCUT2D eigenvalue weighted by atomic mass is 16.5. The lowest BCUT2D eigenvalue weighted by Crippen LogP contribution is -2.44. The molecule has 1 aromatic rings. The van der Waals surface area contributed by atoms with Crippen LogP contribution in [0, 0.1) is 5.92 Å². The molecule has 1 spiro atoms. The fraction of sp³-hybridized carbons (Fsp3) is 0.778. The minimum Gasteiger partial charge on any atom is -0.468 e. The van der Waals surface area contributed by atoms with E-state index < -0.39 is 0 Å². The average Bonchev–Trinajstić information content (AvgIpc) is 3.25. The highest BCUT2D eigenvalue weighted by Crippen LogP contribution is 2.34. The van der Waals surface area contributed by atoms with Gasteiger partial charge in [0.2, 0.25) is 0 Å². The molecule has 0 bridgehead atoms. The Morgan fingerprint density at radius 2 is 2.09 bits per heavy atom. The van der Waals surface area contributed by atoms with E-state index in [0.717, 1.165) is 51.6 Å². The predicted molar refractivity (Wildman–Crippen MR) is 87.3 cm³/mol. The predicted octanol–water partition coefficient (Wildman–Crippen LogP) is 1.98. The van der Waals surface area contributed by atoms with E-state index in [9.17, 15) is 0 Å². The number of ether oxygens (including phenoxy) is 2. The molecule has 4 heterocycles. The monoisotopic (exact) mass is 320 g/mol. The first-order chi connectivity index (χ1) is 11.3. The maximum Gasteiger partial charge on any atom is 0.117 e. The highest BCUT2D eigenvalue weighted by molar-refractivity contribution is 5.00. The molecule has 3 aliphatic rings. The molecule has 0 amide bonds. The summed E-state index contributed by atoms with van der Waals surface area (Å²) in [5.74, 6) is 1.67. The van der Waals surface area contributed by atoms with Crippen molar-refractivity contribution in [3.05, 3.63) is 24.2 Å². The molecular weight excluding hydrogens is 292 g/mol. The van der Waals surface area contributed by atoms with Crippen LogP contribution in [0.15, 0.2) is 22.8 Å². The third-order valence-electron chi connectivity index (χ3n) is 5.39. The molecule has 5 heteroatoms. The Hall–Kier alpha value is -0.880. The Morgan fingerprint density at radius 1 is 1.17 bits per heavy atom. The number of nitrogens with zero attached hydrogens (tertiary/aromatic N) is 2. The van der Waals surface area contributed by atoms with Gasteiger partial charge in [0.1, 0.15) is 11.4 Å². The summed E-state index contributed by atoms with van der Waals surface area (Å²) in [6, 6.07) is 4.00. The first kappa shape index (κ1) is 15.6. The standard InChI is InChI=1S/C18H28N2O3/c1-2-6-19(5-1)11-16-10-18(23-13-16)14-20(7-9-21-15-18)12-17-4-3-8-22-17/h3-4,8,16H,1-2,5-7,9-15H2/t16-,18-/m0/s1. The summed E-state index contributed by atoms with van der Waals surface area (Å²) in [6.45, 7) is 8.87. The second-order valence-electron chi connectivity index (χ2n) is 7.41. The van der Waals surface area contributed by atoms with Gasteiger partial charge in [-0.15, -0.1) is 0 Å². The van der Waals surface area contributed by atoms with Crippen molar-refractivity contribution in [3.8, 4) is 0 Å². The maximum atomic E-state index is 6.31. The second-order valence-corrected chi connectivity index (χ2v) is 7.41. The van der Waals surface area contributed by atoms with Crippen LogP contribution in [-0.2, 0) is 16.0 Å². The van der Waals surface area contributed by atoms with Gasteiger partial charge in [0.15, 0.2) is 0 Å². The quantitative estimate of drug-likeness (QED) is 0.848. The van der Waals surface area contributed by atoms with Crippen LogP contribution in [0.1, 0.15) is 25.0 Å². The Bertz CT molecular complexity index is 486. The van der Waals surface area contributed by atoms with Crippen molar-refractivity contribution in [3.63, 3.8) is 0 Å². The molecule has 2 atom stereocenters. The zero-order valence-corrected chi connectivity index (χ0v) is 13.9. The van der Waals surface area contributed by atoms with Crippen molar-refractivity contribution in [1.82, 2.24) is 9.80 Å². The number of likely N-dealkylation sites (tertiary alicyclic amines) is 1. The van der Waals surface area contributed by atoms with Gasteiger partial charge in [-0.05, 0) is 50.4 Å². The zero-order valence-electron chi connectivity index (χ0n) is 13.9. The topological polar surface area (TPSA) is 38.1 Å². The van der Waals surface area contributed by atoms with E-state index >= 15 is 0 Å². The molecule has 128 valence electrons. The van der Waals surface area contributed by atoms with Gasteiger partial charge >= 0.3 is 0 Å². The Morgan fingerprint density at radius 3 is 2.91 bits per heavy atom. The molecule has 0 saturated carbocycles. The second kappa shape index (κ2) is 6.93. The Labute approximate surface area is 138 Å². The van der Waals surface area contributed by atoms with E-state index in [2.05, 4.69) is 9.80 Å². The number of rotatable bonds is 4. The van der Waals surface area contributed by atoms with Gasteiger partial charge in [-0.3, -0.25) is 4.90 Å². The molecule has 3 saturated heterocycles. The summed E-state index contributed by atoms with van der Waals surface area (Å²) in [5.41, 5.74) is -0.118. The number of hydrogen-bond donors (Lipinski definition) is 0. The lowest BCUT2D eigenvalue weighted by atomic mass is 9.94. The van der Waals surface area contributed by atoms with Crippen LogP contribution in [-0.4, -0.2) is 67.9 Å². The molecule has 23 heavy (non-hydrogen) atoms. The fourth-order valence-electron chi connectivity index (χ4n) is 4.34. The summed E-state index contributed by atoms with van der Waals surface area (Å²) in [4.78, 5) is 5.02. The van der Waals surface area contributed by atoms with Crippen molar-refractivity contribution in [2.75, 3.05) is 52.5 Å². The third kappa shape index (κ3) is 3.79. The molecule has 0 unspecified atom stereocenters. The van der Waals surface area contributed by atoms with Crippen LogP contribution >= 0.6 is 0 Å². The van der Waals surface area contributed by atoms with Crippen LogP contribution in [0.3, 0.4) is 0 Å². The van der Waals surface area contributed by atoms with Crippen LogP contribution in [0.25, 0.3) is 0 Å². The zero-order chi connectivity index (χ0) is 15.5. The van der Waals surface area contributed by atoms with Crippen LogP contribution in [0.4, 0.5) is 0 Å². The average molecular weight is 320 g/mol. The van der Waals surface area contributed by atoms with Gasteiger partial charge < -0.3 is 18.8 Å². The largest absolute Gasteiger partial charge is 0.468 e. The minimum atomic E-state index is -0.118. The third-order valence-corrected chi connectivity index (χ3v) is 5.39. The van der Waals surface area contributed by atoms with E-state index in [1.807, 2.05) is 12.1 Å². The molecule has 3 fully saturated rings. The molecular formula is C18H28N2O3. The molecule has 4 rings (SSSR count). The highest BCUT2D eigenvalue weighted by Gasteiger charge is 2.43. The van der Waals surface area contributed by atoms with E-state index in [-0.39, 0.29) is 5.60 Å². The molecule has 3 aliphatic heterocycles. The van der Waals surface area contributed by atoms with Crippen molar-refractivity contribution in [2.45, 2.75) is 31.4 Å². The fourth-order valence-corrected chi connectivity index (χ4v) is 4.34. The Kier molecular flexibility index (Phi) is 4.71. The first-order valence-electron chi connectivity index (χ1n) is 9.00. The van der Waals surface area contributed by atoms with Crippen LogP contribution in [0.5, 0.6) is 0 Å². The summed E-state index contributed by atoms with van der Waals surface area (Å²) in [5, 5.41) is 0. The van der Waals surface area contributed by atoms with Crippen LogP contribution < -0.4 is 0 Å². The first-order valence-corrected chi connectivity index (χ1v) is 9.00. The van der Waals surface area contributed by atoms with E-state index in [0.29, 0.717) is 5.92 Å². The molecule has 0 aliphatic carbocycles. The normalized spacial score (nSPS) is 33.5. The van der Waals surface area contributed by atoms with Crippen molar-refractivity contribution >= 4 is 0 Å². The number of furan rings is 1. The molecule has 1 aromatic heterocycles. The molecule has 0 aromatic carbocycles. The molecule has 0 N–H and O–H groups in total. The summed E-state index contributed by atoms with van der Waals surface area (Å²) in [6.07, 6.45) is 5.59. The smallest absolute Gasteiger partial charge is 0.117 e. The van der Waals surface area contributed by atoms with E-state index in [1.165, 1.54) is 32.5 Å². The van der Waals surface area contributed by atoms with E-state index in [4.69, 9.17) is 13.9 Å². The van der Waals surface area contributed by atoms with Gasteiger partial charge in [0.25, 0.3) is 0 Å². The van der Waals surface area contributed by atoms with Gasteiger partial charge in [0.05, 0.1) is 32.6 Å². The summed E-state index contributed by atoms with van der Waals surface area (Å²) >= 11 is 0. The Balaban J connectivity index is 1.36.